The summed E-state index contributed by atoms with van der Waals surface area (Å²) in [7, 11) is 1.77. The van der Waals surface area contributed by atoms with Crippen LogP contribution in [0.2, 0.25) is 0 Å². The largest absolute Gasteiger partial charge is 0.496 e. The summed E-state index contributed by atoms with van der Waals surface area (Å²) >= 11 is 0. The van der Waals surface area contributed by atoms with Crippen LogP contribution in [0.1, 0.15) is 44.2 Å². The average molecular weight is 233 g/mol. The number of hydrogen-bond acceptors (Lipinski definition) is 2. The summed E-state index contributed by atoms with van der Waals surface area (Å²) in [4.78, 5) is 0. The maximum absolute atomic E-state index is 5.51. The van der Waals surface area contributed by atoms with Gasteiger partial charge in [0, 0.05) is 24.1 Å². The molecule has 2 heteroatoms. The van der Waals surface area contributed by atoms with Crippen molar-refractivity contribution >= 4 is 0 Å². The maximum Gasteiger partial charge on any atom is 0.122 e. The second-order valence-electron chi connectivity index (χ2n) is 5.44. The van der Waals surface area contributed by atoms with Gasteiger partial charge in [0.1, 0.15) is 5.75 Å². The number of rotatable bonds is 3. The Morgan fingerprint density at radius 1 is 1.41 bits per heavy atom. The van der Waals surface area contributed by atoms with E-state index in [-0.39, 0.29) is 0 Å². The van der Waals surface area contributed by atoms with Gasteiger partial charge in [-0.2, -0.15) is 0 Å². The molecule has 1 heterocycles. The monoisotopic (exact) mass is 233 g/mol. The Hall–Kier alpha value is -1.02. The Kier molecular flexibility index (Phi) is 3.72. The van der Waals surface area contributed by atoms with E-state index < -0.39 is 0 Å². The topological polar surface area (TPSA) is 21.3 Å². The summed E-state index contributed by atoms with van der Waals surface area (Å²) in [6.45, 7) is 7.84. The summed E-state index contributed by atoms with van der Waals surface area (Å²) in [5.74, 6) is 2.30. The first kappa shape index (κ1) is 12.4. The van der Waals surface area contributed by atoms with Crippen molar-refractivity contribution in [3.8, 4) is 5.75 Å². The zero-order chi connectivity index (χ0) is 12.4. The lowest BCUT2D eigenvalue weighted by Crippen LogP contribution is -2.39. The second kappa shape index (κ2) is 5.09. The van der Waals surface area contributed by atoms with E-state index in [1.807, 2.05) is 0 Å². The third-order valence-corrected chi connectivity index (χ3v) is 3.72. The molecular formula is C15H23NO. The molecule has 1 aromatic carbocycles. The zero-order valence-corrected chi connectivity index (χ0v) is 11.3. The summed E-state index contributed by atoms with van der Waals surface area (Å²) < 4.78 is 5.51. The number of benzene rings is 1. The van der Waals surface area contributed by atoms with Crippen molar-refractivity contribution in [1.29, 1.82) is 0 Å². The molecule has 94 valence electrons. The maximum atomic E-state index is 5.51. The Balaban J connectivity index is 2.30. The van der Waals surface area contributed by atoms with Crippen molar-refractivity contribution in [3.05, 3.63) is 29.3 Å². The minimum absolute atomic E-state index is 0.525. The molecule has 0 fully saturated rings. The average Bonchev–Trinajstić information content (AvgIpc) is 2.31. The zero-order valence-electron chi connectivity index (χ0n) is 11.3. The summed E-state index contributed by atoms with van der Waals surface area (Å²) in [6.07, 6.45) is 1.22. The molecule has 17 heavy (non-hydrogen) atoms. The molecule has 1 aliphatic heterocycles. The van der Waals surface area contributed by atoms with Crippen LogP contribution in [0.25, 0.3) is 0 Å². The fourth-order valence-corrected chi connectivity index (χ4v) is 2.85. The van der Waals surface area contributed by atoms with Crippen molar-refractivity contribution in [2.75, 3.05) is 7.11 Å². The van der Waals surface area contributed by atoms with Gasteiger partial charge in [0.05, 0.1) is 7.11 Å². The van der Waals surface area contributed by atoms with Gasteiger partial charge in [-0.3, -0.25) is 0 Å². The number of hydrogen-bond donors (Lipinski definition) is 1. The highest BCUT2D eigenvalue weighted by Crippen LogP contribution is 2.36. The van der Waals surface area contributed by atoms with Gasteiger partial charge in [0.25, 0.3) is 0 Å². The number of methoxy groups -OCH3 is 1. The highest BCUT2D eigenvalue weighted by atomic mass is 16.5. The predicted molar refractivity (Wildman–Crippen MR) is 71.5 cm³/mol. The van der Waals surface area contributed by atoms with Crippen LogP contribution < -0.4 is 10.1 Å². The first-order chi connectivity index (χ1) is 8.13. The highest BCUT2D eigenvalue weighted by molar-refractivity contribution is 5.44. The van der Waals surface area contributed by atoms with Crippen LogP contribution in [0.4, 0.5) is 0 Å². The van der Waals surface area contributed by atoms with Gasteiger partial charge in [-0.05, 0) is 24.0 Å². The van der Waals surface area contributed by atoms with Crippen LogP contribution >= 0.6 is 0 Å². The lowest BCUT2D eigenvalue weighted by molar-refractivity contribution is 0.339. The van der Waals surface area contributed by atoms with Gasteiger partial charge in [0.15, 0.2) is 0 Å². The Morgan fingerprint density at radius 2 is 2.18 bits per heavy atom. The molecule has 0 amide bonds. The predicted octanol–water partition coefficient (Wildman–Crippen LogP) is 3.32. The molecule has 0 spiro atoms. The lowest BCUT2D eigenvalue weighted by atomic mass is 9.82. The highest BCUT2D eigenvalue weighted by Gasteiger charge is 2.28. The second-order valence-corrected chi connectivity index (χ2v) is 5.44. The molecule has 0 aliphatic carbocycles. The van der Waals surface area contributed by atoms with E-state index in [1.54, 1.807) is 7.11 Å². The van der Waals surface area contributed by atoms with Gasteiger partial charge < -0.3 is 10.1 Å². The molecule has 1 aliphatic rings. The van der Waals surface area contributed by atoms with Crippen LogP contribution in [0.5, 0.6) is 5.75 Å². The molecule has 2 unspecified atom stereocenters. The molecule has 0 aromatic heterocycles. The molecule has 1 aromatic rings. The third kappa shape index (κ3) is 2.47. The molecular weight excluding hydrogens is 210 g/mol. The normalized spacial score (nSPS) is 23.6. The standard InChI is InChI=1S/C15H23NO/c1-10(2)8-13-11(3)15-12(9-16-13)6-5-7-14(15)17-4/h5-7,10-11,13,16H,8-9H2,1-4H3. The van der Waals surface area contributed by atoms with Crippen LogP contribution in [0, 0.1) is 5.92 Å². The van der Waals surface area contributed by atoms with Gasteiger partial charge in [-0.15, -0.1) is 0 Å². The Bertz CT molecular complexity index is 372. The van der Waals surface area contributed by atoms with E-state index in [0.717, 1.165) is 18.2 Å². The number of nitrogens with one attached hydrogen (secondary N) is 1. The molecule has 2 rings (SSSR count). The Morgan fingerprint density at radius 3 is 2.82 bits per heavy atom. The molecule has 1 N–H and O–H groups in total. The van der Waals surface area contributed by atoms with Crippen LogP contribution in [-0.4, -0.2) is 13.2 Å². The molecule has 0 saturated carbocycles. The van der Waals surface area contributed by atoms with E-state index in [1.165, 1.54) is 17.5 Å². The quantitative estimate of drug-likeness (QED) is 0.864. The minimum Gasteiger partial charge on any atom is -0.496 e. The van der Waals surface area contributed by atoms with Crippen molar-refractivity contribution < 1.29 is 4.74 Å². The van der Waals surface area contributed by atoms with Crippen molar-refractivity contribution in [2.45, 2.75) is 45.7 Å². The van der Waals surface area contributed by atoms with Gasteiger partial charge in [0.2, 0.25) is 0 Å². The molecule has 0 radical (unpaired) electrons. The van der Waals surface area contributed by atoms with E-state index in [4.69, 9.17) is 4.74 Å². The van der Waals surface area contributed by atoms with Gasteiger partial charge in [-0.25, -0.2) is 0 Å². The van der Waals surface area contributed by atoms with E-state index >= 15 is 0 Å². The summed E-state index contributed by atoms with van der Waals surface area (Å²) in [5.41, 5.74) is 2.79. The first-order valence-electron chi connectivity index (χ1n) is 6.52. The van der Waals surface area contributed by atoms with Crippen LogP contribution in [0.15, 0.2) is 18.2 Å². The van der Waals surface area contributed by atoms with Crippen molar-refractivity contribution in [1.82, 2.24) is 5.32 Å². The lowest BCUT2D eigenvalue weighted by Gasteiger charge is -2.34. The molecule has 2 nitrogen and oxygen atoms in total. The number of ether oxygens (including phenoxy) is 1. The summed E-state index contributed by atoms with van der Waals surface area (Å²) in [5, 5.41) is 3.65. The van der Waals surface area contributed by atoms with Crippen molar-refractivity contribution in [2.24, 2.45) is 5.92 Å². The SMILES string of the molecule is COc1cccc2c1C(C)C(CC(C)C)NC2. The van der Waals surface area contributed by atoms with E-state index in [9.17, 15) is 0 Å². The minimum atomic E-state index is 0.525. The molecule has 0 bridgehead atoms. The number of fused-ring (bicyclic) bond motifs is 1. The van der Waals surface area contributed by atoms with Crippen molar-refractivity contribution in [3.63, 3.8) is 0 Å². The van der Waals surface area contributed by atoms with E-state index in [0.29, 0.717) is 12.0 Å². The third-order valence-electron chi connectivity index (χ3n) is 3.72. The first-order valence-corrected chi connectivity index (χ1v) is 6.52. The van der Waals surface area contributed by atoms with Gasteiger partial charge >= 0.3 is 0 Å². The fraction of sp³-hybridized carbons (Fsp3) is 0.600. The molecule has 2 atom stereocenters. The van der Waals surface area contributed by atoms with Gasteiger partial charge in [-0.1, -0.05) is 32.9 Å². The smallest absolute Gasteiger partial charge is 0.122 e. The molecule has 0 saturated heterocycles. The summed E-state index contributed by atoms with van der Waals surface area (Å²) in [6, 6.07) is 6.92. The van der Waals surface area contributed by atoms with Crippen LogP contribution in [-0.2, 0) is 6.54 Å². The Labute approximate surface area is 104 Å². The fourth-order valence-electron chi connectivity index (χ4n) is 2.85. The van der Waals surface area contributed by atoms with E-state index in [2.05, 4.69) is 44.3 Å². The van der Waals surface area contributed by atoms with Crippen LogP contribution in [0.3, 0.4) is 0 Å².